The molecule has 2 aromatic carbocycles. The van der Waals surface area contributed by atoms with Crippen LogP contribution in [0.3, 0.4) is 0 Å². The van der Waals surface area contributed by atoms with Crippen molar-refractivity contribution in [1.82, 2.24) is 10.2 Å². The van der Waals surface area contributed by atoms with E-state index in [2.05, 4.69) is 10.6 Å². The smallest absolute Gasteiger partial charge is 0.257 e. The zero-order valence-electron chi connectivity index (χ0n) is 16.3. The van der Waals surface area contributed by atoms with Crippen LogP contribution in [0.2, 0.25) is 5.02 Å². The Bertz CT molecular complexity index is 898. The van der Waals surface area contributed by atoms with Crippen LogP contribution in [-0.2, 0) is 4.79 Å². The third-order valence-corrected chi connectivity index (χ3v) is 5.20. The number of nitrogens with zero attached hydrogens (tertiary/aromatic N) is 1. The molecule has 2 aromatic rings. The fourth-order valence-corrected chi connectivity index (χ4v) is 3.58. The average molecular weight is 414 g/mol. The quantitative estimate of drug-likeness (QED) is 0.757. The minimum atomic E-state index is -0.423. The van der Waals surface area contributed by atoms with Crippen molar-refractivity contribution in [3.05, 3.63) is 64.7 Å². The third-order valence-electron chi connectivity index (χ3n) is 4.87. The average Bonchev–Trinajstić information content (AvgIpc) is 3.22. The second-order valence-corrected chi connectivity index (χ2v) is 7.37. The van der Waals surface area contributed by atoms with E-state index in [1.807, 2.05) is 6.92 Å². The van der Waals surface area contributed by atoms with Gasteiger partial charge in [-0.15, -0.1) is 0 Å². The summed E-state index contributed by atoms with van der Waals surface area (Å²) in [6.45, 7) is 3.16. The van der Waals surface area contributed by atoms with Crippen molar-refractivity contribution in [2.45, 2.75) is 32.2 Å². The molecule has 0 bridgehead atoms. The first-order valence-corrected chi connectivity index (χ1v) is 10.1. The maximum Gasteiger partial charge on any atom is 0.257 e. The van der Waals surface area contributed by atoms with Gasteiger partial charge in [0.25, 0.3) is 11.8 Å². The highest BCUT2D eigenvalue weighted by molar-refractivity contribution is 6.34. The van der Waals surface area contributed by atoms with E-state index in [0.717, 1.165) is 12.8 Å². The minimum absolute atomic E-state index is 0.0960. The molecule has 7 heteroatoms. The van der Waals surface area contributed by atoms with E-state index in [1.165, 1.54) is 0 Å². The molecule has 2 N–H and O–H groups in total. The molecule has 3 rings (SSSR count). The van der Waals surface area contributed by atoms with Gasteiger partial charge in [0.2, 0.25) is 5.91 Å². The van der Waals surface area contributed by atoms with Gasteiger partial charge in [-0.1, -0.05) is 30.7 Å². The first-order valence-electron chi connectivity index (χ1n) is 9.76. The predicted molar refractivity (Wildman–Crippen MR) is 113 cm³/mol. The summed E-state index contributed by atoms with van der Waals surface area (Å²) in [5.41, 5.74) is 1.42. The summed E-state index contributed by atoms with van der Waals surface area (Å²) < 4.78 is 0. The Morgan fingerprint density at radius 1 is 1.10 bits per heavy atom. The second-order valence-electron chi connectivity index (χ2n) is 6.96. The molecule has 152 valence electrons. The molecule has 1 saturated heterocycles. The fourth-order valence-electron chi connectivity index (χ4n) is 3.35. The highest BCUT2D eigenvalue weighted by Crippen LogP contribution is 2.22. The van der Waals surface area contributed by atoms with Crippen LogP contribution in [0.1, 0.15) is 46.9 Å². The largest absolute Gasteiger partial charge is 0.354 e. The van der Waals surface area contributed by atoms with Crippen LogP contribution in [-0.4, -0.2) is 41.8 Å². The molecule has 29 heavy (non-hydrogen) atoms. The predicted octanol–water partition coefficient (Wildman–Crippen LogP) is 3.72. The van der Waals surface area contributed by atoms with Crippen LogP contribution >= 0.6 is 11.6 Å². The molecule has 1 aliphatic rings. The van der Waals surface area contributed by atoms with Gasteiger partial charge in [-0.3, -0.25) is 14.4 Å². The number of carbonyl (C=O) groups excluding carboxylic acids is 3. The molecule has 1 atom stereocenters. The van der Waals surface area contributed by atoms with Crippen LogP contribution in [0.25, 0.3) is 0 Å². The van der Waals surface area contributed by atoms with Crippen LogP contribution in [0, 0.1) is 0 Å². The van der Waals surface area contributed by atoms with Gasteiger partial charge in [-0.25, -0.2) is 0 Å². The van der Waals surface area contributed by atoms with Gasteiger partial charge in [-0.2, -0.15) is 0 Å². The molecule has 0 aliphatic carbocycles. The molecule has 3 amide bonds. The zero-order valence-corrected chi connectivity index (χ0v) is 17.0. The zero-order chi connectivity index (χ0) is 20.8. The summed E-state index contributed by atoms with van der Waals surface area (Å²) in [6, 6.07) is 13.0. The number of anilines is 1. The molecule has 1 fully saturated rings. The molecule has 0 aromatic heterocycles. The maximum atomic E-state index is 12.9. The number of hydrogen-bond donors (Lipinski definition) is 2. The number of carbonyl (C=O) groups is 3. The molecule has 0 radical (unpaired) electrons. The Morgan fingerprint density at radius 3 is 2.52 bits per heavy atom. The van der Waals surface area contributed by atoms with Crippen molar-refractivity contribution >= 4 is 35.0 Å². The molecule has 1 heterocycles. The number of likely N-dealkylation sites (tertiary alicyclic amines) is 1. The molecule has 0 unspecified atom stereocenters. The molecular weight excluding hydrogens is 390 g/mol. The van der Waals surface area contributed by atoms with Crippen molar-refractivity contribution in [1.29, 1.82) is 0 Å². The SMILES string of the molecule is CCCNC(=O)[C@@H]1CCCN1C(=O)c1ccc(NC(=O)c2ccccc2Cl)cc1. The van der Waals surface area contributed by atoms with E-state index in [1.54, 1.807) is 53.4 Å². The normalized spacial score (nSPS) is 15.8. The van der Waals surface area contributed by atoms with Crippen LogP contribution < -0.4 is 10.6 Å². The molecule has 6 nitrogen and oxygen atoms in total. The monoisotopic (exact) mass is 413 g/mol. The van der Waals surface area contributed by atoms with Crippen molar-refractivity contribution in [2.75, 3.05) is 18.4 Å². The maximum absolute atomic E-state index is 12.9. The van der Waals surface area contributed by atoms with Crippen molar-refractivity contribution in [2.24, 2.45) is 0 Å². The first-order chi connectivity index (χ1) is 14.0. The van der Waals surface area contributed by atoms with Crippen LogP contribution in [0.4, 0.5) is 5.69 Å². The summed E-state index contributed by atoms with van der Waals surface area (Å²) in [4.78, 5) is 39.2. The van der Waals surface area contributed by atoms with E-state index in [4.69, 9.17) is 11.6 Å². The number of benzene rings is 2. The lowest BCUT2D eigenvalue weighted by Crippen LogP contribution is -2.46. The van der Waals surface area contributed by atoms with E-state index >= 15 is 0 Å². The van der Waals surface area contributed by atoms with Crippen molar-refractivity contribution in [3.8, 4) is 0 Å². The first kappa shape index (κ1) is 20.9. The van der Waals surface area contributed by atoms with Gasteiger partial charge in [0, 0.05) is 24.3 Å². The highest BCUT2D eigenvalue weighted by atomic mass is 35.5. The minimum Gasteiger partial charge on any atom is -0.354 e. The summed E-state index contributed by atoms with van der Waals surface area (Å²) in [5, 5.41) is 6.02. The van der Waals surface area contributed by atoms with E-state index in [-0.39, 0.29) is 17.7 Å². The Kier molecular flexibility index (Phi) is 6.88. The number of halogens is 1. The van der Waals surface area contributed by atoms with Crippen LogP contribution in [0.15, 0.2) is 48.5 Å². The van der Waals surface area contributed by atoms with E-state index in [9.17, 15) is 14.4 Å². The molecular formula is C22H24ClN3O3. The second kappa shape index (κ2) is 9.56. The van der Waals surface area contributed by atoms with Gasteiger partial charge in [0.15, 0.2) is 0 Å². The number of amides is 3. The lowest BCUT2D eigenvalue weighted by atomic mass is 10.1. The summed E-state index contributed by atoms with van der Waals surface area (Å²) in [6.07, 6.45) is 2.34. The van der Waals surface area contributed by atoms with Gasteiger partial charge in [-0.05, 0) is 55.7 Å². The van der Waals surface area contributed by atoms with Gasteiger partial charge < -0.3 is 15.5 Å². The molecule has 0 spiro atoms. The summed E-state index contributed by atoms with van der Waals surface area (Å²) >= 11 is 6.05. The summed E-state index contributed by atoms with van der Waals surface area (Å²) in [5.74, 6) is -0.591. The van der Waals surface area contributed by atoms with Gasteiger partial charge >= 0.3 is 0 Å². The van der Waals surface area contributed by atoms with Crippen molar-refractivity contribution in [3.63, 3.8) is 0 Å². The third kappa shape index (κ3) is 4.95. The number of nitrogens with one attached hydrogen (secondary N) is 2. The topological polar surface area (TPSA) is 78.5 Å². The fraction of sp³-hybridized carbons (Fsp3) is 0.318. The molecule has 1 aliphatic heterocycles. The number of hydrogen-bond acceptors (Lipinski definition) is 3. The van der Waals surface area contributed by atoms with Gasteiger partial charge in [0.05, 0.1) is 10.6 Å². The standard InChI is InChI=1S/C22H24ClN3O3/c1-2-13-24-21(28)19-8-5-14-26(19)22(29)15-9-11-16(12-10-15)25-20(27)17-6-3-4-7-18(17)23/h3-4,6-7,9-12,19H,2,5,8,13-14H2,1H3,(H,24,28)(H,25,27)/t19-/m0/s1. The lowest BCUT2D eigenvalue weighted by Gasteiger charge is -2.24. The Morgan fingerprint density at radius 2 is 1.83 bits per heavy atom. The highest BCUT2D eigenvalue weighted by Gasteiger charge is 2.34. The molecule has 0 saturated carbocycles. The Labute approximate surface area is 175 Å². The Balaban J connectivity index is 1.66. The lowest BCUT2D eigenvalue weighted by molar-refractivity contribution is -0.124. The Hall–Kier alpha value is -2.86. The van der Waals surface area contributed by atoms with E-state index < -0.39 is 6.04 Å². The summed E-state index contributed by atoms with van der Waals surface area (Å²) in [7, 11) is 0. The van der Waals surface area contributed by atoms with E-state index in [0.29, 0.717) is 41.3 Å². The van der Waals surface area contributed by atoms with Gasteiger partial charge in [0.1, 0.15) is 6.04 Å². The number of rotatable bonds is 6. The van der Waals surface area contributed by atoms with Crippen LogP contribution in [0.5, 0.6) is 0 Å². The van der Waals surface area contributed by atoms with Crippen molar-refractivity contribution < 1.29 is 14.4 Å².